The first-order valence-electron chi connectivity index (χ1n) is 10.0. The van der Waals surface area contributed by atoms with Gasteiger partial charge < -0.3 is 10.1 Å². The Morgan fingerprint density at radius 1 is 1.00 bits per heavy atom. The minimum atomic E-state index is -3.73. The van der Waals surface area contributed by atoms with Crippen LogP contribution >= 0.6 is 15.9 Å². The van der Waals surface area contributed by atoms with Gasteiger partial charge in [0.05, 0.1) is 10.9 Å². The first-order chi connectivity index (χ1) is 15.1. The number of hydrogen-bond acceptors (Lipinski definition) is 4. The normalized spacial score (nSPS) is 12.1. The van der Waals surface area contributed by atoms with Crippen molar-refractivity contribution in [1.29, 1.82) is 0 Å². The third kappa shape index (κ3) is 6.58. The Balaban J connectivity index is 1.57. The quantitative estimate of drug-likeness (QED) is 0.434. The van der Waals surface area contributed by atoms with Crippen LogP contribution < -0.4 is 14.8 Å². The van der Waals surface area contributed by atoms with Gasteiger partial charge in [0, 0.05) is 10.2 Å². The molecule has 1 atom stereocenters. The van der Waals surface area contributed by atoms with E-state index >= 15 is 0 Å². The molecular formula is C24H25BrN2O4S. The summed E-state index contributed by atoms with van der Waals surface area (Å²) in [6.45, 7) is 5.53. The van der Waals surface area contributed by atoms with Crippen LogP contribution in [-0.4, -0.2) is 20.9 Å². The van der Waals surface area contributed by atoms with Crippen LogP contribution in [0.4, 0.5) is 5.69 Å². The molecular weight excluding hydrogens is 492 g/mol. The maximum absolute atomic E-state index is 12.7. The zero-order valence-electron chi connectivity index (χ0n) is 18.1. The highest BCUT2D eigenvalue weighted by atomic mass is 79.9. The van der Waals surface area contributed by atoms with Crippen molar-refractivity contribution in [1.82, 2.24) is 5.32 Å². The van der Waals surface area contributed by atoms with Gasteiger partial charge in [-0.3, -0.25) is 9.52 Å². The molecule has 0 bridgehead atoms. The topological polar surface area (TPSA) is 84.5 Å². The molecule has 0 radical (unpaired) electrons. The maximum Gasteiger partial charge on any atom is 0.261 e. The van der Waals surface area contributed by atoms with Crippen LogP contribution in [0.25, 0.3) is 0 Å². The van der Waals surface area contributed by atoms with Crippen LogP contribution in [0.15, 0.2) is 76.1 Å². The third-order valence-corrected chi connectivity index (χ3v) is 6.59. The molecule has 0 spiro atoms. The Morgan fingerprint density at radius 3 is 2.28 bits per heavy atom. The third-order valence-electron chi connectivity index (χ3n) is 4.70. The summed E-state index contributed by atoms with van der Waals surface area (Å²) in [7, 11) is -3.73. The van der Waals surface area contributed by atoms with Crippen LogP contribution in [-0.2, 0) is 14.8 Å². The summed E-state index contributed by atoms with van der Waals surface area (Å²) in [6.07, 6.45) is 0. The molecule has 0 aliphatic rings. The zero-order chi connectivity index (χ0) is 23.3. The van der Waals surface area contributed by atoms with Gasteiger partial charge in [0.1, 0.15) is 5.75 Å². The number of halogens is 1. The molecule has 0 saturated carbocycles. The number of carbonyl (C=O) groups is 1. The molecule has 2 N–H and O–H groups in total. The van der Waals surface area contributed by atoms with E-state index in [0.717, 1.165) is 21.2 Å². The van der Waals surface area contributed by atoms with E-state index in [1.807, 2.05) is 51.1 Å². The van der Waals surface area contributed by atoms with Gasteiger partial charge in [-0.05, 0) is 86.0 Å². The molecule has 1 unspecified atom stereocenters. The van der Waals surface area contributed by atoms with Crippen LogP contribution in [0, 0.1) is 13.8 Å². The Kier molecular flexibility index (Phi) is 7.58. The van der Waals surface area contributed by atoms with E-state index in [2.05, 4.69) is 26.0 Å². The molecule has 0 fully saturated rings. The number of benzene rings is 3. The highest BCUT2D eigenvalue weighted by Gasteiger charge is 2.15. The summed E-state index contributed by atoms with van der Waals surface area (Å²) < 4.78 is 34.4. The minimum absolute atomic E-state index is 0.108. The standard InChI is InChI=1S/C24H25BrN2O4S/c1-16-11-17(2)13-21(12-16)27-32(29,30)23-9-7-22(8-10-23)31-15-24(28)26-18(3)19-5-4-6-20(25)14-19/h4-14,18,27H,15H2,1-3H3,(H,26,28). The smallest absolute Gasteiger partial charge is 0.261 e. The number of nitrogens with one attached hydrogen (secondary N) is 2. The van der Waals surface area contributed by atoms with Crippen molar-refractivity contribution >= 4 is 37.5 Å². The Labute approximate surface area is 197 Å². The molecule has 0 aliphatic heterocycles. The van der Waals surface area contributed by atoms with Gasteiger partial charge in [0.15, 0.2) is 6.61 Å². The summed E-state index contributed by atoms with van der Waals surface area (Å²) in [5, 5.41) is 2.87. The molecule has 3 rings (SSSR count). The van der Waals surface area contributed by atoms with Crippen molar-refractivity contribution < 1.29 is 17.9 Å². The molecule has 32 heavy (non-hydrogen) atoms. The number of carbonyl (C=O) groups excluding carboxylic acids is 1. The zero-order valence-corrected chi connectivity index (χ0v) is 20.5. The van der Waals surface area contributed by atoms with E-state index in [0.29, 0.717) is 11.4 Å². The second-order valence-corrected chi connectivity index (χ2v) is 10.2. The van der Waals surface area contributed by atoms with Crippen molar-refractivity contribution in [2.24, 2.45) is 0 Å². The number of rotatable bonds is 8. The van der Waals surface area contributed by atoms with Gasteiger partial charge in [0.2, 0.25) is 0 Å². The predicted octanol–water partition coefficient (Wildman–Crippen LogP) is 5.12. The van der Waals surface area contributed by atoms with Crippen molar-refractivity contribution in [3.05, 3.63) is 87.9 Å². The van der Waals surface area contributed by atoms with Crippen molar-refractivity contribution in [2.45, 2.75) is 31.7 Å². The molecule has 0 aliphatic carbocycles. The largest absolute Gasteiger partial charge is 0.484 e. The molecule has 8 heteroatoms. The lowest BCUT2D eigenvalue weighted by atomic mass is 10.1. The lowest BCUT2D eigenvalue weighted by molar-refractivity contribution is -0.123. The Morgan fingerprint density at radius 2 is 1.66 bits per heavy atom. The van der Waals surface area contributed by atoms with Gasteiger partial charge in [-0.15, -0.1) is 0 Å². The Bertz CT molecular complexity index is 1190. The number of anilines is 1. The monoisotopic (exact) mass is 516 g/mol. The van der Waals surface area contributed by atoms with E-state index in [1.165, 1.54) is 24.3 Å². The Hall–Kier alpha value is -2.84. The average Bonchev–Trinajstić information content (AvgIpc) is 2.71. The number of sulfonamides is 1. The van der Waals surface area contributed by atoms with Crippen molar-refractivity contribution in [3.63, 3.8) is 0 Å². The second kappa shape index (κ2) is 10.2. The number of aryl methyl sites for hydroxylation is 2. The van der Waals surface area contributed by atoms with E-state index in [4.69, 9.17) is 4.74 Å². The molecule has 1 amide bonds. The van der Waals surface area contributed by atoms with Crippen LogP contribution in [0.5, 0.6) is 5.75 Å². The predicted molar refractivity (Wildman–Crippen MR) is 129 cm³/mol. The lowest BCUT2D eigenvalue weighted by Crippen LogP contribution is -2.31. The summed E-state index contributed by atoms with van der Waals surface area (Å²) >= 11 is 3.42. The summed E-state index contributed by atoms with van der Waals surface area (Å²) in [5.41, 5.74) is 3.43. The van der Waals surface area contributed by atoms with Gasteiger partial charge in [-0.25, -0.2) is 8.42 Å². The van der Waals surface area contributed by atoms with Crippen molar-refractivity contribution in [2.75, 3.05) is 11.3 Å². The molecule has 0 heterocycles. The second-order valence-electron chi connectivity index (χ2n) is 7.59. The molecule has 0 saturated heterocycles. The van der Waals surface area contributed by atoms with Gasteiger partial charge in [-0.2, -0.15) is 0 Å². The van der Waals surface area contributed by atoms with E-state index < -0.39 is 10.0 Å². The van der Waals surface area contributed by atoms with E-state index in [-0.39, 0.29) is 23.5 Å². The first-order valence-corrected chi connectivity index (χ1v) is 12.3. The highest BCUT2D eigenvalue weighted by Crippen LogP contribution is 2.21. The van der Waals surface area contributed by atoms with Crippen LogP contribution in [0.2, 0.25) is 0 Å². The molecule has 168 valence electrons. The van der Waals surface area contributed by atoms with Crippen LogP contribution in [0.3, 0.4) is 0 Å². The number of hydrogen-bond donors (Lipinski definition) is 2. The SMILES string of the molecule is Cc1cc(C)cc(NS(=O)(=O)c2ccc(OCC(=O)NC(C)c3cccc(Br)c3)cc2)c1. The lowest BCUT2D eigenvalue weighted by Gasteiger charge is -2.15. The van der Waals surface area contributed by atoms with Crippen LogP contribution in [0.1, 0.15) is 29.7 Å². The number of ether oxygens (including phenoxy) is 1. The first kappa shape index (κ1) is 23.8. The molecule has 0 aromatic heterocycles. The highest BCUT2D eigenvalue weighted by molar-refractivity contribution is 9.10. The number of amides is 1. The van der Waals surface area contributed by atoms with Gasteiger partial charge >= 0.3 is 0 Å². The fourth-order valence-corrected chi connectivity index (χ4v) is 4.71. The van der Waals surface area contributed by atoms with Crippen molar-refractivity contribution in [3.8, 4) is 5.75 Å². The van der Waals surface area contributed by atoms with Gasteiger partial charge in [0.25, 0.3) is 15.9 Å². The summed E-state index contributed by atoms with van der Waals surface area (Å²) in [5.74, 6) is 0.131. The molecule has 3 aromatic rings. The van der Waals surface area contributed by atoms with E-state index in [1.54, 1.807) is 12.1 Å². The van der Waals surface area contributed by atoms with E-state index in [9.17, 15) is 13.2 Å². The fraction of sp³-hybridized carbons (Fsp3) is 0.208. The molecule has 3 aromatic carbocycles. The summed E-state index contributed by atoms with van der Waals surface area (Å²) in [6, 6.07) is 19.0. The summed E-state index contributed by atoms with van der Waals surface area (Å²) in [4.78, 5) is 12.3. The maximum atomic E-state index is 12.7. The fourth-order valence-electron chi connectivity index (χ4n) is 3.25. The van der Waals surface area contributed by atoms with Gasteiger partial charge in [-0.1, -0.05) is 34.1 Å². The molecule has 6 nitrogen and oxygen atoms in total. The average molecular weight is 517 g/mol. The minimum Gasteiger partial charge on any atom is -0.484 e.